The molecule has 0 aromatic heterocycles. The van der Waals surface area contributed by atoms with Crippen LogP contribution in [0.2, 0.25) is 0 Å². The van der Waals surface area contributed by atoms with Crippen LogP contribution in [0.1, 0.15) is 65.7 Å². The van der Waals surface area contributed by atoms with Crippen molar-refractivity contribution in [3.63, 3.8) is 0 Å². The molecule has 0 fully saturated rings. The van der Waals surface area contributed by atoms with E-state index in [2.05, 4.69) is 51.1 Å². The van der Waals surface area contributed by atoms with Crippen molar-refractivity contribution in [2.75, 3.05) is 0 Å². The predicted octanol–water partition coefficient (Wildman–Crippen LogP) is 7.13. The predicted molar refractivity (Wildman–Crippen MR) is 95.7 cm³/mol. The highest BCUT2D eigenvalue weighted by Crippen LogP contribution is 2.41. The fourth-order valence-electron chi connectivity index (χ4n) is 2.82. The van der Waals surface area contributed by atoms with Gasteiger partial charge in [0.2, 0.25) is 0 Å². The minimum Gasteiger partial charge on any atom is -0.0943 e. The Kier molecular flexibility index (Phi) is 6.63. The Bertz CT molecular complexity index is 508. The molecule has 21 heavy (non-hydrogen) atoms. The Hall–Kier alpha value is -0.950. The van der Waals surface area contributed by atoms with Crippen LogP contribution < -0.4 is 0 Å². The molecule has 0 nitrogen and oxygen atoms in total. The van der Waals surface area contributed by atoms with Gasteiger partial charge in [0.1, 0.15) is 0 Å². The van der Waals surface area contributed by atoms with E-state index >= 15 is 0 Å². The summed E-state index contributed by atoms with van der Waals surface area (Å²) in [5, 5.41) is 0. The van der Waals surface area contributed by atoms with Gasteiger partial charge in [-0.05, 0) is 56.6 Å². The molecular formula is C20H28S. The first kappa shape index (κ1) is 16.4. The van der Waals surface area contributed by atoms with Crippen LogP contribution in [0.4, 0.5) is 0 Å². The quantitative estimate of drug-likeness (QED) is 0.381. The average Bonchev–Trinajstić information content (AvgIpc) is 2.49. The zero-order chi connectivity index (χ0) is 15.1. The zero-order valence-electron chi connectivity index (χ0n) is 13.7. The Morgan fingerprint density at radius 3 is 2.33 bits per heavy atom. The van der Waals surface area contributed by atoms with E-state index in [-0.39, 0.29) is 0 Å². The number of rotatable bonds is 7. The Balaban J connectivity index is 2.06. The summed E-state index contributed by atoms with van der Waals surface area (Å²) >= 11 is 1.99. The fraction of sp³-hybridized carbons (Fsp3) is 0.500. The van der Waals surface area contributed by atoms with Crippen molar-refractivity contribution in [2.45, 2.75) is 70.6 Å². The average molecular weight is 301 g/mol. The number of unbranched alkanes of at least 4 members (excludes halogenated alkanes) is 3. The third-order valence-corrected chi connectivity index (χ3v) is 5.53. The Labute approximate surface area is 134 Å². The summed E-state index contributed by atoms with van der Waals surface area (Å²) in [4.78, 5) is 2.99. The summed E-state index contributed by atoms with van der Waals surface area (Å²) in [6.07, 6.45) is 9.09. The van der Waals surface area contributed by atoms with Crippen molar-refractivity contribution in [1.82, 2.24) is 0 Å². The van der Waals surface area contributed by atoms with Crippen LogP contribution in [0.15, 0.2) is 56.9 Å². The second-order valence-corrected chi connectivity index (χ2v) is 7.34. The molecule has 1 aromatic carbocycles. The summed E-state index contributed by atoms with van der Waals surface area (Å²) < 4.78 is 0. The van der Waals surface area contributed by atoms with E-state index in [0.29, 0.717) is 0 Å². The molecule has 0 saturated heterocycles. The molecule has 0 heterocycles. The van der Waals surface area contributed by atoms with Gasteiger partial charge in [0.25, 0.3) is 0 Å². The summed E-state index contributed by atoms with van der Waals surface area (Å²) in [7, 11) is 0. The standard InChI is InChI=1S/C20H28S/c1-4-5-6-8-11-18-14-16(2)17(3)15-20(18)21-19-12-9-7-10-13-19/h7,9-10,12-13H,4-6,8,11,14-15H2,1-3H3. The molecule has 0 saturated carbocycles. The molecule has 1 heteroatoms. The van der Waals surface area contributed by atoms with Crippen LogP contribution in [-0.2, 0) is 0 Å². The summed E-state index contributed by atoms with van der Waals surface area (Å²) in [5.41, 5.74) is 4.87. The second kappa shape index (κ2) is 8.48. The Morgan fingerprint density at radius 1 is 0.905 bits per heavy atom. The van der Waals surface area contributed by atoms with Crippen molar-refractivity contribution in [3.8, 4) is 0 Å². The molecule has 114 valence electrons. The first-order valence-electron chi connectivity index (χ1n) is 8.29. The van der Waals surface area contributed by atoms with Gasteiger partial charge in [-0.3, -0.25) is 0 Å². The van der Waals surface area contributed by atoms with Crippen LogP contribution in [-0.4, -0.2) is 0 Å². The molecule has 1 aliphatic carbocycles. The topological polar surface area (TPSA) is 0 Å². The normalized spacial score (nSPS) is 15.8. The molecule has 1 aliphatic rings. The van der Waals surface area contributed by atoms with Gasteiger partial charge in [-0.2, -0.15) is 0 Å². The smallest absolute Gasteiger partial charge is 0.0119 e. The number of benzene rings is 1. The highest BCUT2D eigenvalue weighted by atomic mass is 32.2. The van der Waals surface area contributed by atoms with Gasteiger partial charge in [-0.1, -0.05) is 72.9 Å². The first-order chi connectivity index (χ1) is 10.2. The minimum absolute atomic E-state index is 1.16. The highest BCUT2D eigenvalue weighted by Gasteiger charge is 2.16. The van der Waals surface area contributed by atoms with Crippen molar-refractivity contribution >= 4 is 11.8 Å². The SMILES string of the molecule is CCCCCCC1=C(Sc2ccccc2)CC(C)=C(C)C1. The van der Waals surface area contributed by atoms with E-state index in [4.69, 9.17) is 0 Å². The molecule has 1 aromatic rings. The van der Waals surface area contributed by atoms with Crippen molar-refractivity contribution < 1.29 is 0 Å². The molecular weight excluding hydrogens is 272 g/mol. The molecule has 0 spiro atoms. The molecule has 0 radical (unpaired) electrons. The lowest BCUT2D eigenvalue weighted by Crippen LogP contribution is -2.01. The van der Waals surface area contributed by atoms with Gasteiger partial charge < -0.3 is 0 Å². The summed E-state index contributed by atoms with van der Waals surface area (Å²) in [6, 6.07) is 10.8. The largest absolute Gasteiger partial charge is 0.0943 e. The lowest BCUT2D eigenvalue weighted by atomic mass is 9.90. The van der Waals surface area contributed by atoms with Gasteiger partial charge in [0, 0.05) is 4.90 Å². The molecule has 0 amide bonds. The summed E-state index contributed by atoms with van der Waals surface area (Å²) in [6.45, 7) is 6.90. The molecule has 0 bridgehead atoms. The van der Waals surface area contributed by atoms with Gasteiger partial charge in [-0.15, -0.1) is 0 Å². The van der Waals surface area contributed by atoms with Crippen molar-refractivity contribution in [1.29, 1.82) is 0 Å². The van der Waals surface area contributed by atoms with Gasteiger partial charge in [-0.25, -0.2) is 0 Å². The van der Waals surface area contributed by atoms with Crippen LogP contribution in [0.3, 0.4) is 0 Å². The molecule has 0 unspecified atom stereocenters. The fourth-order valence-corrected chi connectivity index (χ4v) is 4.00. The third kappa shape index (κ3) is 5.07. The van der Waals surface area contributed by atoms with Gasteiger partial charge in [0.05, 0.1) is 0 Å². The minimum atomic E-state index is 1.16. The lowest BCUT2D eigenvalue weighted by Gasteiger charge is -2.23. The highest BCUT2D eigenvalue weighted by molar-refractivity contribution is 8.03. The van der Waals surface area contributed by atoms with Crippen LogP contribution in [0.5, 0.6) is 0 Å². The molecule has 2 rings (SSSR count). The number of allylic oxidation sites excluding steroid dienone is 4. The first-order valence-corrected chi connectivity index (χ1v) is 9.11. The maximum Gasteiger partial charge on any atom is 0.0119 e. The number of thioether (sulfide) groups is 1. The van der Waals surface area contributed by atoms with Crippen LogP contribution in [0.25, 0.3) is 0 Å². The van der Waals surface area contributed by atoms with Crippen LogP contribution >= 0.6 is 11.8 Å². The monoisotopic (exact) mass is 300 g/mol. The molecule has 0 atom stereocenters. The second-order valence-electron chi connectivity index (χ2n) is 6.17. The maximum absolute atomic E-state index is 2.31. The maximum atomic E-state index is 2.31. The van der Waals surface area contributed by atoms with E-state index in [9.17, 15) is 0 Å². The summed E-state index contributed by atoms with van der Waals surface area (Å²) in [5.74, 6) is 0. The van der Waals surface area contributed by atoms with Gasteiger partial charge >= 0.3 is 0 Å². The van der Waals surface area contributed by atoms with E-state index in [0.717, 1.165) is 6.42 Å². The number of hydrogen-bond donors (Lipinski definition) is 0. The molecule has 0 N–H and O–H groups in total. The Morgan fingerprint density at radius 2 is 1.62 bits per heavy atom. The van der Waals surface area contributed by atoms with Crippen molar-refractivity contribution in [2.24, 2.45) is 0 Å². The molecule has 0 aliphatic heterocycles. The zero-order valence-corrected chi connectivity index (χ0v) is 14.6. The van der Waals surface area contributed by atoms with E-state index in [1.54, 1.807) is 21.6 Å². The third-order valence-electron chi connectivity index (χ3n) is 4.34. The van der Waals surface area contributed by atoms with E-state index in [1.807, 2.05) is 11.8 Å². The van der Waals surface area contributed by atoms with Crippen LogP contribution in [0, 0.1) is 0 Å². The van der Waals surface area contributed by atoms with Crippen molar-refractivity contribution in [3.05, 3.63) is 52.0 Å². The number of hydrogen-bond acceptors (Lipinski definition) is 1. The lowest BCUT2D eigenvalue weighted by molar-refractivity contribution is 0.655. The van der Waals surface area contributed by atoms with E-state index < -0.39 is 0 Å². The van der Waals surface area contributed by atoms with E-state index in [1.165, 1.54) is 43.4 Å². The van der Waals surface area contributed by atoms with Gasteiger partial charge in [0.15, 0.2) is 0 Å².